The zero-order valence-corrected chi connectivity index (χ0v) is 15.8. The highest BCUT2D eigenvalue weighted by Gasteiger charge is 2.27. The molecule has 0 amide bonds. The van der Waals surface area contributed by atoms with Crippen LogP contribution in [0.3, 0.4) is 0 Å². The number of ether oxygens (including phenoxy) is 2. The number of nitrogens with two attached hydrogens (primary N) is 1. The maximum absolute atomic E-state index is 13.3. The number of para-hydroxylation sites is 1. The molecule has 1 atom stereocenters. The zero-order chi connectivity index (χ0) is 19.7. The van der Waals surface area contributed by atoms with E-state index in [4.69, 9.17) is 15.2 Å². The minimum absolute atomic E-state index is 0.0740. The molecule has 0 radical (unpaired) electrons. The zero-order valence-electron chi connectivity index (χ0n) is 15.8. The van der Waals surface area contributed by atoms with Gasteiger partial charge in [0.15, 0.2) is 6.29 Å². The molecule has 1 aliphatic heterocycles. The molecule has 2 N–H and O–H groups in total. The van der Waals surface area contributed by atoms with E-state index in [1.54, 1.807) is 26.4 Å². The molecular weight excluding hydrogens is 357 g/mol. The Balaban J connectivity index is 1.86. The second kappa shape index (κ2) is 7.58. The van der Waals surface area contributed by atoms with E-state index >= 15 is 0 Å². The summed E-state index contributed by atoms with van der Waals surface area (Å²) in [7, 11) is 3.25. The van der Waals surface area contributed by atoms with E-state index in [1.165, 1.54) is 12.1 Å². The first kappa shape index (κ1) is 18.4. The van der Waals surface area contributed by atoms with Crippen molar-refractivity contribution in [1.29, 1.82) is 0 Å². The largest absolute Gasteiger partial charge is 0.382 e. The molecule has 5 nitrogen and oxygen atoms in total. The number of halogens is 1. The number of aliphatic imine (C=N–C) groups is 1. The number of aromatic nitrogens is 1. The van der Waals surface area contributed by atoms with Gasteiger partial charge in [-0.3, -0.25) is 0 Å². The van der Waals surface area contributed by atoms with Gasteiger partial charge < -0.3 is 19.8 Å². The molecule has 28 heavy (non-hydrogen) atoms. The van der Waals surface area contributed by atoms with Gasteiger partial charge in [-0.25, -0.2) is 9.38 Å². The lowest BCUT2D eigenvalue weighted by molar-refractivity contribution is -0.110. The summed E-state index contributed by atoms with van der Waals surface area (Å²) in [5.74, 6) is 0.176. The van der Waals surface area contributed by atoms with Crippen LogP contribution in [0.15, 0.2) is 65.8 Å². The van der Waals surface area contributed by atoms with Gasteiger partial charge in [0.1, 0.15) is 11.7 Å². The third kappa shape index (κ3) is 3.32. The fourth-order valence-corrected chi connectivity index (χ4v) is 3.66. The summed E-state index contributed by atoms with van der Waals surface area (Å²) in [4.78, 5) is 4.64. The Bertz CT molecular complexity index is 1010. The first-order valence-electron chi connectivity index (χ1n) is 9.07. The molecule has 2 aromatic carbocycles. The number of hydrogen-bond acceptors (Lipinski definition) is 4. The minimum Gasteiger partial charge on any atom is -0.382 e. The molecule has 0 bridgehead atoms. The Hall–Kier alpha value is -2.96. The lowest BCUT2D eigenvalue weighted by atomic mass is 10.0. The third-order valence-corrected chi connectivity index (χ3v) is 5.10. The number of amidine groups is 1. The van der Waals surface area contributed by atoms with Crippen molar-refractivity contribution < 1.29 is 13.9 Å². The summed E-state index contributed by atoms with van der Waals surface area (Å²) >= 11 is 0. The van der Waals surface area contributed by atoms with E-state index in [1.807, 2.05) is 36.5 Å². The molecular formula is C22H22FN3O2. The van der Waals surface area contributed by atoms with E-state index in [0.717, 1.165) is 28.1 Å². The van der Waals surface area contributed by atoms with Gasteiger partial charge in [-0.2, -0.15) is 0 Å². The van der Waals surface area contributed by atoms with Crippen LogP contribution in [-0.2, 0) is 9.47 Å². The van der Waals surface area contributed by atoms with Crippen LogP contribution in [-0.4, -0.2) is 30.9 Å². The van der Waals surface area contributed by atoms with Gasteiger partial charge in [0.2, 0.25) is 0 Å². The van der Waals surface area contributed by atoms with Crippen LogP contribution in [0.4, 0.5) is 10.1 Å². The molecule has 1 unspecified atom stereocenters. The molecule has 6 heteroatoms. The average molecular weight is 379 g/mol. The molecule has 0 saturated carbocycles. The lowest BCUT2D eigenvalue weighted by Crippen LogP contribution is -2.24. The molecule has 0 aliphatic carbocycles. The first-order valence-corrected chi connectivity index (χ1v) is 9.07. The molecule has 0 spiro atoms. The van der Waals surface area contributed by atoms with Gasteiger partial charge in [0, 0.05) is 38.0 Å². The van der Waals surface area contributed by atoms with Crippen molar-refractivity contribution in [3.05, 3.63) is 77.9 Å². The van der Waals surface area contributed by atoms with E-state index in [-0.39, 0.29) is 18.1 Å². The highest BCUT2D eigenvalue weighted by Crippen LogP contribution is 2.38. The Morgan fingerprint density at radius 3 is 2.50 bits per heavy atom. The number of rotatable bonds is 5. The smallest absolute Gasteiger partial charge is 0.159 e. The van der Waals surface area contributed by atoms with Crippen LogP contribution in [0, 0.1) is 5.82 Å². The third-order valence-electron chi connectivity index (χ3n) is 5.10. The summed E-state index contributed by atoms with van der Waals surface area (Å²) in [5, 5.41) is 0. The predicted molar refractivity (Wildman–Crippen MR) is 107 cm³/mol. The van der Waals surface area contributed by atoms with Crippen LogP contribution in [0.25, 0.3) is 11.1 Å². The number of nitrogens with zero attached hydrogens (tertiary/aromatic N) is 2. The second-order valence-electron chi connectivity index (χ2n) is 6.74. The van der Waals surface area contributed by atoms with Crippen molar-refractivity contribution in [2.75, 3.05) is 14.2 Å². The Morgan fingerprint density at radius 2 is 1.79 bits per heavy atom. The summed E-state index contributed by atoms with van der Waals surface area (Å²) in [6.07, 6.45) is 2.25. The highest BCUT2D eigenvalue weighted by molar-refractivity contribution is 6.00. The van der Waals surface area contributed by atoms with Crippen LogP contribution >= 0.6 is 0 Å². The highest BCUT2D eigenvalue weighted by atomic mass is 19.1. The Labute approximate surface area is 163 Å². The van der Waals surface area contributed by atoms with Gasteiger partial charge >= 0.3 is 0 Å². The fraction of sp³-hybridized carbons (Fsp3) is 0.227. The van der Waals surface area contributed by atoms with E-state index in [0.29, 0.717) is 12.3 Å². The van der Waals surface area contributed by atoms with E-state index in [2.05, 4.69) is 9.56 Å². The monoisotopic (exact) mass is 379 g/mol. The molecule has 2 heterocycles. The van der Waals surface area contributed by atoms with Crippen molar-refractivity contribution in [3.8, 4) is 11.1 Å². The van der Waals surface area contributed by atoms with Gasteiger partial charge in [-0.15, -0.1) is 0 Å². The minimum atomic E-state index is -0.373. The molecule has 3 aromatic rings. The molecule has 1 aliphatic rings. The molecule has 0 saturated heterocycles. The molecule has 0 fully saturated rings. The average Bonchev–Trinajstić information content (AvgIpc) is 3.11. The van der Waals surface area contributed by atoms with Crippen molar-refractivity contribution in [1.82, 2.24) is 4.57 Å². The van der Waals surface area contributed by atoms with Gasteiger partial charge in [-0.05, 0) is 29.8 Å². The van der Waals surface area contributed by atoms with Gasteiger partial charge in [0.05, 0.1) is 17.4 Å². The lowest BCUT2D eigenvalue weighted by Gasteiger charge is -2.25. The maximum Gasteiger partial charge on any atom is 0.159 e. The molecule has 144 valence electrons. The number of methoxy groups -OCH3 is 2. The van der Waals surface area contributed by atoms with E-state index in [9.17, 15) is 4.39 Å². The number of fused-ring (bicyclic) bond motifs is 2. The van der Waals surface area contributed by atoms with Crippen molar-refractivity contribution >= 4 is 11.5 Å². The van der Waals surface area contributed by atoms with Crippen molar-refractivity contribution in [2.45, 2.75) is 18.8 Å². The summed E-state index contributed by atoms with van der Waals surface area (Å²) in [5.41, 5.74) is 10.9. The number of benzene rings is 2. The standard InChI is InChI=1S/C22H22FN3O2/c1-27-21(28-2)12-19-17-5-3-4-6-18(17)25-22(24)20-11-15(13-26(19)20)14-7-9-16(23)10-8-14/h3-11,13,19,21H,12H2,1-2H3,(H2,24,25). The molecule has 1 aromatic heterocycles. The van der Waals surface area contributed by atoms with Gasteiger partial charge in [-0.1, -0.05) is 30.3 Å². The van der Waals surface area contributed by atoms with Crippen molar-refractivity contribution in [3.63, 3.8) is 0 Å². The topological polar surface area (TPSA) is 61.8 Å². The maximum atomic E-state index is 13.3. The quantitative estimate of drug-likeness (QED) is 0.675. The normalized spacial score (nSPS) is 15.7. The van der Waals surface area contributed by atoms with Crippen LogP contribution in [0.2, 0.25) is 0 Å². The van der Waals surface area contributed by atoms with Crippen LogP contribution < -0.4 is 5.73 Å². The Morgan fingerprint density at radius 1 is 1.07 bits per heavy atom. The molecule has 4 rings (SSSR count). The van der Waals surface area contributed by atoms with Crippen LogP contribution in [0.1, 0.15) is 23.7 Å². The van der Waals surface area contributed by atoms with Crippen LogP contribution in [0.5, 0.6) is 0 Å². The van der Waals surface area contributed by atoms with E-state index < -0.39 is 0 Å². The summed E-state index contributed by atoms with van der Waals surface area (Å²) < 4.78 is 26.3. The first-order chi connectivity index (χ1) is 13.6. The number of hydrogen-bond donors (Lipinski definition) is 1. The predicted octanol–water partition coefficient (Wildman–Crippen LogP) is 4.24. The SMILES string of the molecule is COC(CC1c2ccccc2N=C(N)c2cc(-c3ccc(F)cc3)cn21)OC. The summed E-state index contributed by atoms with van der Waals surface area (Å²) in [6, 6.07) is 16.3. The summed E-state index contributed by atoms with van der Waals surface area (Å²) in [6.45, 7) is 0. The van der Waals surface area contributed by atoms with Crippen molar-refractivity contribution in [2.24, 2.45) is 10.7 Å². The van der Waals surface area contributed by atoms with Gasteiger partial charge in [0.25, 0.3) is 0 Å². The fourth-order valence-electron chi connectivity index (χ4n) is 3.66. The Kier molecular flexibility index (Phi) is 4.98. The second-order valence-corrected chi connectivity index (χ2v) is 6.74.